The highest BCUT2D eigenvalue weighted by atomic mass is 16.6. The zero-order valence-corrected chi connectivity index (χ0v) is 15.7. The maximum absolute atomic E-state index is 11.3. The molecule has 1 rings (SSSR count). The second kappa shape index (κ2) is 14.7. The lowest BCUT2D eigenvalue weighted by molar-refractivity contribution is -0.121. The molecule has 24 heavy (non-hydrogen) atoms. The van der Waals surface area contributed by atoms with E-state index < -0.39 is 0 Å². The highest BCUT2D eigenvalue weighted by molar-refractivity contribution is 5.75. The van der Waals surface area contributed by atoms with Crippen molar-refractivity contribution in [3.63, 3.8) is 0 Å². The zero-order valence-electron chi connectivity index (χ0n) is 15.7. The van der Waals surface area contributed by atoms with Gasteiger partial charge in [-0.3, -0.25) is 4.79 Å². The molecule has 4 nitrogen and oxygen atoms in total. The van der Waals surface area contributed by atoms with Gasteiger partial charge in [-0.05, 0) is 19.3 Å². The molecule has 1 aliphatic rings. The SMILES string of the molecule is CCCCCCCCC1OC1CCCCCCCC(=O)NCCO. The Bertz CT molecular complexity index is 309. The van der Waals surface area contributed by atoms with Gasteiger partial charge in [0.25, 0.3) is 0 Å². The Labute approximate surface area is 148 Å². The molecule has 2 N–H and O–H groups in total. The predicted molar refractivity (Wildman–Crippen MR) is 99.1 cm³/mol. The van der Waals surface area contributed by atoms with E-state index in [4.69, 9.17) is 9.84 Å². The van der Waals surface area contributed by atoms with Crippen LogP contribution in [0.15, 0.2) is 0 Å². The smallest absolute Gasteiger partial charge is 0.220 e. The van der Waals surface area contributed by atoms with Crippen molar-refractivity contribution < 1.29 is 14.6 Å². The van der Waals surface area contributed by atoms with E-state index in [1.165, 1.54) is 70.6 Å². The number of aliphatic hydroxyl groups excluding tert-OH is 1. The fourth-order valence-corrected chi connectivity index (χ4v) is 3.26. The number of aliphatic hydroxyl groups is 1. The summed E-state index contributed by atoms with van der Waals surface area (Å²) in [5.41, 5.74) is 0. The number of carbonyl (C=O) groups is 1. The third-order valence-electron chi connectivity index (χ3n) is 4.86. The molecule has 1 fully saturated rings. The average molecular weight is 342 g/mol. The van der Waals surface area contributed by atoms with Crippen LogP contribution in [0.4, 0.5) is 0 Å². The van der Waals surface area contributed by atoms with Crippen LogP contribution >= 0.6 is 0 Å². The van der Waals surface area contributed by atoms with Crippen molar-refractivity contribution in [2.45, 2.75) is 109 Å². The van der Waals surface area contributed by atoms with Gasteiger partial charge in [0.15, 0.2) is 0 Å². The van der Waals surface area contributed by atoms with Gasteiger partial charge in [0.05, 0.1) is 18.8 Å². The summed E-state index contributed by atoms with van der Waals surface area (Å²) in [6, 6.07) is 0. The van der Waals surface area contributed by atoms with E-state index in [0.717, 1.165) is 12.8 Å². The van der Waals surface area contributed by atoms with Crippen LogP contribution in [0.3, 0.4) is 0 Å². The lowest BCUT2D eigenvalue weighted by atomic mass is 10.0. The number of ether oxygens (including phenoxy) is 1. The second-order valence-corrected chi connectivity index (χ2v) is 7.15. The summed E-state index contributed by atoms with van der Waals surface area (Å²) in [7, 11) is 0. The first kappa shape index (κ1) is 21.4. The predicted octanol–water partition coefficient (Wildman–Crippen LogP) is 4.34. The molecule has 0 aromatic carbocycles. The van der Waals surface area contributed by atoms with Crippen LogP contribution in [0, 0.1) is 0 Å². The average Bonchev–Trinajstić information content (AvgIpc) is 3.33. The molecule has 1 heterocycles. The Morgan fingerprint density at radius 1 is 0.875 bits per heavy atom. The number of amides is 1. The number of hydrogen-bond acceptors (Lipinski definition) is 3. The minimum Gasteiger partial charge on any atom is -0.395 e. The monoisotopic (exact) mass is 341 g/mol. The van der Waals surface area contributed by atoms with Crippen molar-refractivity contribution in [1.82, 2.24) is 5.32 Å². The van der Waals surface area contributed by atoms with Gasteiger partial charge < -0.3 is 15.2 Å². The van der Waals surface area contributed by atoms with Crippen molar-refractivity contribution in [3.8, 4) is 0 Å². The first-order valence-corrected chi connectivity index (χ1v) is 10.3. The molecule has 2 unspecified atom stereocenters. The quantitative estimate of drug-likeness (QED) is 0.305. The van der Waals surface area contributed by atoms with Crippen LogP contribution in [0.1, 0.15) is 96.8 Å². The molecule has 0 aromatic rings. The molecule has 0 spiro atoms. The summed E-state index contributed by atoms with van der Waals surface area (Å²) in [6.07, 6.45) is 18.2. The molecule has 0 saturated carbocycles. The lowest BCUT2D eigenvalue weighted by Crippen LogP contribution is -2.25. The van der Waals surface area contributed by atoms with Crippen molar-refractivity contribution >= 4 is 5.91 Å². The summed E-state index contributed by atoms with van der Waals surface area (Å²) in [4.78, 5) is 11.3. The van der Waals surface area contributed by atoms with Crippen LogP contribution in [-0.4, -0.2) is 36.4 Å². The van der Waals surface area contributed by atoms with Crippen molar-refractivity contribution in [1.29, 1.82) is 0 Å². The van der Waals surface area contributed by atoms with Gasteiger partial charge in [-0.25, -0.2) is 0 Å². The topological polar surface area (TPSA) is 61.9 Å². The van der Waals surface area contributed by atoms with Crippen LogP contribution in [0.25, 0.3) is 0 Å². The van der Waals surface area contributed by atoms with Gasteiger partial charge in [-0.15, -0.1) is 0 Å². The summed E-state index contributed by atoms with van der Waals surface area (Å²) < 4.78 is 5.77. The molecule has 142 valence electrons. The summed E-state index contributed by atoms with van der Waals surface area (Å²) >= 11 is 0. The normalized spacial score (nSPS) is 19.4. The summed E-state index contributed by atoms with van der Waals surface area (Å²) in [5, 5.41) is 11.3. The van der Waals surface area contributed by atoms with Crippen LogP contribution in [0.2, 0.25) is 0 Å². The molecule has 0 aromatic heterocycles. The molecule has 2 atom stereocenters. The molecule has 0 aliphatic carbocycles. The number of hydrogen-bond donors (Lipinski definition) is 2. The Kier molecular flexibility index (Phi) is 13.1. The fraction of sp³-hybridized carbons (Fsp3) is 0.950. The third kappa shape index (κ3) is 11.9. The Morgan fingerprint density at radius 3 is 2.00 bits per heavy atom. The molecule has 1 aliphatic heterocycles. The third-order valence-corrected chi connectivity index (χ3v) is 4.86. The number of carbonyl (C=O) groups excluding carboxylic acids is 1. The van der Waals surface area contributed by atoms with E-state index in [2.05, 4.69) is 12.2 Å². The molecule has 0 radical (unpaired) electrons. The van der Waals surface area contributed by atoms with E-state index in [9.17, 15) is 4.79 Å². The van der Waals surface area contributed by atoms with Gasteiger partial charge in [-0.2, -0.15) is 0 Å². The van der Waals surface area contributed by atoms with Gasteiger partial charge in [0.2, 0.25) is 5.91 Å². The minimum atomic E-state index is 0.0226. The number of nitrogens with one attached hydrogen (secondary N) is 1. The van der Waals surface area contributed by atoms with Crippen LogP contribution in [0.5, 0.6) is 0 Å². The summed E-state index contributed by atoms with van der Waals surface area (Å²) in [6.45, 7) is 2.66. The van der Waals surface area contributed by atoms with E-state index in [1.807, 2.05) is 0 Å². The maximum atomic E-state index is 11.3. The number of unbranched alkanes of at least 4 members (excludes halogenated alkanes) is 9. The zero-order chi connectivity index (χ0) is 17.5. The highest BCUT2D eigenvalue weighted by Crippen LogP contribution is 2.31. The lowest BCUT2D eigenvalue weighted by Gasteiger charge is -2.03. The maximum Gasteiger partial charge on any atom is 0.220 e. The largest absolute Gasteiger partial charge is 0.395 e. The molecular formula is C20H39NO3. The number of epoxide rings is 1. The first-order valence-electron chi connectivity index (χ1n) is 10.3. The fourth-order valence-electron chi connectivity index (χ4n) is 3.26. The van der Waals surface area contributed by atoms with Gasteiger partial charge in [-0.1, -0.05) is 71.1 Å². The van der Waals surface area contributed by atoms with Gasteiger partial charge in [0.1, 0.15) is 0 Å². The van der Waals surface area contributed by atoms with Crippen molar-refractivity contribution in [2.24, 2.45) is 0 Å². The van der Waals surface area contributed by atoms with Gasteiger partial charge in [0, 0.05) is 13.0 Å². The van der Waals surface area contributed by atoms with Crippen LogP contribution in [-0.2, 0) is 9.53 Å². The van der Waals surface area contributed by atoms with Crippen LogP contribution < -0.4 is 5.32 Å². The Balaban J connectivity index is 1.77. The first-order chi connectivity index (χ1) is 11.8. The minimum absolute atomic E-state index is 0.0226. The van der Waals surface area contributed by atoms with Gasteiger partial charge >= 0.3 is 0 Å². The van der Waals surface area contributed by atoms with E-state index in [1.54, 1.807) is 0 Å². The number of rotatable bonds is 17. The Morgan fingerprint density at radius 2 is 1.42 bits per heavy atom. The molecule has 4 heteroatoms. The van der Waals surface area contributed by atoms with Crippen molar-refractivity contribution in [2.75, 3.05) is 13.2 Å². The molecule has 1 saturated heterocycles. The van der Waals surface area contributed by atoms with E-state index >= 15 is 0 Å². The van der Waals surface area contributed by atoms with Crippen molar-refractivity contribution in [3.05, 3.63) is 0 Å². The second-order valence-electron chi connectivity index (χ2n) is 7.15. The molecule has 1 amide bonds. The van der Waals surface area contributed by atoms with E-state index in [-0.39, 0.29) is 12.5 Å². The Hall–Kier alpha value is -0.610. The summed E-state index contributed by atoms with van der Waals surface area (Å²) in [5.74, 6) is 0.0629. The molecule has 0 bridgehead atoms. The molecular weight excluding hydrogens is 302 g/mol. The highest BCUT2D eigenvalue weighted by Gasteiger charge is 2.36. The standard InChI is InChI=1S/C20H39NO3/c1-2-3-4-5-7-10-13-18-19(24-18)14-11-8-6-9-12-15-20(23)21-16-17-22/h18-19,22H,2-17H2,1H3,(H,21,23). The van der Waals surface area contributed by atoms with E-state index in [0.29, 0.717) is 25.2 Å².